The van der Waals surface area contributed by atoms with Crippen LogP contribution in [0, 0.1) is 12.7 Å². The molecule has 14 nitrogen and oxygen atoms in total. The maximum Gasteiger partial charge on any atom is 0.253 e. The van der Waals surface area contributed by atoms with Crippen molar-refractivity contribution in [2.75, 3.05) is 76.6 Å². The summed E-state index contributed by atoms with van der Waals surface area (Å²) in [7, 11) is -3.80. The lowest BCUT2D eigenvalue weighted by atomic mass is 10.1. The monoisotopic (exact) mass is 713 g/mol. The van der Waals surface area contributed by atoms with Crippen LogP contribution in [-0.4, -0.2) is 90.2 Å². The summed E-state index contributed by atoms with van der Waals surface area (Å²) < 4.78 is 64.2. The third-order valence-electron chi connectivity index (χ3n) is 5.89. The number of ether oxygens (including phenoxy) is 4. The van der Waals surface area contributed by atoms with Gasteiger partial charge in [0.25, 0.3) is 5.91 Å². The highest BCUT2D eigenvalue weighted by molar-refractivity contribution is 9.10. The van der Waals surface area contributed by atoms with Crippen molar-refractivity contribution >= 4 is 55.0 Å². The van der Waals surface area contributed by atoms with Gasteiger partial charge < -0.3 is 41.0 Å². The van der Waals surface area contributed by atoms with Crippen molar-refractivity contribution in [2.45, 2.75) is 11.8 Å². The van der Waals surface area contributed by atoms with Crippen LogP contribution < -0.4 is 26.8 Å². The second kappa shape index (κ2) is 18.6. The molecule has 7 N–H and O–H groups in total. The van der Waals surface area contributed by atoms with Crippen molar-refractivity contribution in [3.63, 3.8) is 0 Å². The summed E-state index contributed by atoms with van der Waals surface area (Å²) >= 11 is 3.33. The highest BCUT2D eigenvalue weighted by Gasteiger charge is 2.18. The van der Waals surface area contributed by atoms with Crippen LogP contribution in [0.15, 0.2) is 52.0 Å². The molecular weight excluding hydrogens is 677 g/mol. The number of nitrogens with one attached hydrogen (secondary N) is 3. The number of aromatic nitrogens is 2. The lowest BCUT2D eigenvalue weighted by Crippen LogP contribution is -2.28. The number of sulfonamides is 1. The van der Waals surface area contributed by atoms with Crippen LogP contribution in [0.1, 0.15) is 15.9 Å². The molecule has 17 heteroatoms. The molecule has 3 aromatic rings. The zero-order valence-corrected chi connectivity index (χ0v) is 27.1. The van der Waals surface area contributed by atoms with Gasteiger partial charge in [0.05, 0.1) is 73.5 Å². The maximum absolute atomic E-state index is 14.2. The van der Waals surface area contributed by atoms with Crippen molar-refractivity contribution in [2.24, 2.45) is 11.5 Å². The summed E-state index contributed by atoms with van der Waals surface area (Å²) in [5.74, 6) is -1.31. The molecule has 3 rings (SSSR count). The first kappa shape index (κ1) is 36.2. The molecule has 0 aliphatic rings. The normalized spacial score (nSPS) is 11.5. The van der Waals surface area contributed by atoms with Crippen LogP contribution in [0.4, 0.5) is 27.5 Å². The van der Waals surface area contributed by atoms with E-state index in [0.29, 0.717) is 68.5 Å². The smallest absolute Gasteiger partial charge is 0.253 e. The van der Waals surface area contributed by atoms with E-state index in [9.17, 15) is 17.6 Å². The lowest BCUT2D eigenvalue weighted by molar-refractivity contribution is -0.000345. The molecule has 0 atom stereocenters. The third kappa shape index (κ3) is 11.9. The molecular formula is C28H37BrFN7O7S. The van der Waals surface area contributed by atoms with Gasteiger partial charge >= 0.3 is 0 Å². The van der Waals surface area contributed by atoms with Gasteiger partial charge in [-0.25, -0.2) is 22.5 Å². The summed E-state index contributed by atoms with van der Waals surface area (Å²) in [5, 5.41) is 5.90. The number of nitrogens with zero attached hydrogens (tertiary/aromatic N) is 2. The minimum Gasteiger partial charge on any atom is -0.378 e. The van der Waals surface area contributed by atoms with E-state index >= 15 is 0 Å². The number of carbonyl (C=O) groups is 1. The third-order valence-corrected chi connectivity index (χ3v) is 8.10. The van der Waals surface area contributed by atoms with E-state index in [4.69, 9.17) is 30.4 Å². The highest BCUT2D eigenvalue weighted by Crippen LogP contribution is 2.28. The molecule has 1 amide bonds. The van der Waals surface area contributed by atoms with E-state index in [2.05, 4.69) is 41.3 Å². The molecule has 45 heavy (non-hydrogen) atoms. The molecule has 2 aromatic carbocycles. The average molecular weight is 715 g/mol. The number of hydrogen-bond donors (Lipinski definition) is 5. The van der Waals surface area contributed by atoms with Gasteiger partial charge in [0.2, 0.25) is 16.0 Å². The van der Waals surface area contributed by atoms with E-state index in [-0.39, 0.29) is 41.1 Å². The average Bonchev–Trinajstić information content (AvgIpc) is 2.99. The fraction of sp³-hybridized carbons (Fsp3) is 0.393. The molecule has 0 bridgehead atoms. The van der Waals surface area contributed by atoms with Gasteiger partial charge in [-0.3, -0.25) is 4.79 Å². The standard InChI is InChI=1S/C28H37BrFN7O7S/c1-19-17-20(35-28-33-18-21(29)27(37-28)36-23-4-2-3-22(30)25(23)26(32)38)5-6-24(19)45(39,40)34-8-10-42-12-14-44-16-15-43-13-11-41-9-7-31/h2-6,17-18,34H,7-16,31H2,1H3,(H2,32,38)(H2,33,35,36,37). The van der Waals surface area contributed by atoms with Crippen molar-refractivity contribution in [1.29, 1.82) is 0 Å². The molecule has 1 aromatic heterocycles. The Kier molecular flexibility index (Phi) is 15.0. The zero-order valence-electron chi connectivity index (χ0n) is 24.7. The fourth-order valence-corrected chi connectivity index (χ4v) is 5.38. The van der Waals surface area contributed by atoms with E-state index in [0.717, 1.165) is 6.07 Å². The van der Waals surface area contributed by atoms with Crippen LogP contribution in [0.25, 0.3) is 0 Å². The Hall–Kier alpha value is -3.29. The van der Waals surface area contributed by atoms with Crippen LogP contribution in [0.2, 0.25) is 0 Å². The van der Waals surface area contributed by atoms with Gasteiger partial charge in [0.1, 0.15) is 11.6 Å². The number of hydrogen-bond acceptors (Lipinski definition) is 12. The van der Waals surface area contributed by atoms with E-state index in [1.54, 1.807) is 19.1 Å². The Morgan fingerprint density at radius 3 is 2.22 bits per heavy atom. The number of aryl methyl sites for hydroxylation is 1. The summed E-state index contributed by atoms with van der Waals surface area (Å²) in [5.41, 5.74) is 11.5. The van der Waals surface area contributed by atoms with E-state index in [1.807, 2.05) is 0 Å². The second-order valence-corrected chi connectivity index (χ2v) is 11.9. The van der Waals surface area contributed by atoms with Crippen molar-refractivity contribution in [3.8, 4) is 0 Å². The SMILES string of the molecule is Cc1cc(Nc2ncc(Br)c(Nc3cccc(F)c3C(N)=O)n2)ccc1S(=O)(=O)NCCOCCOCCOCCOCCN. The summed E-state index contributed by atoms with van der Waals surface area (Å²) in [6, 6.07) is 8.72. The van der Waals surface area contributed by atoms with Crippen molar-refractivity contribution in [1.82, 2.24) is 14.7 Å². The Morgan fingerprint density at radius 2 is 1.60 bits per heavy atom. The Bertz CT molecular complexity index is 1520. The largest absolute Gasteiger partial charge is 0.378 e. The van der Waals surface area contributed by atoms with Crippen LogP contribution in [0.5, 0.6) is 0 Å². The van der Waals surface area contributed by atoms with Gasteiger partial charge in [-0.05, 0) is 58.7 Å². The first-order valence-corrected chi connectivity index (χ1v) is 16.2. The first-order chi connectivity index (χ1) is 21.6. The van der Waals surface area contributed by atoms with Gasteiger partial charge in [-0.15, -0.1) is 0 Å². The highest BCUT2D eigenvalue weighted by atomic mass is 79.9. The summed E-state index contributed by atoms with van der Waals surface area (Å²) in [4.78, 5) is 20.4. The second-order valence-electron chi connectivity index (χ2n) is 9.28. The van der Waals surface area contributed by atoms with Gasteiger partial charge in [0.15, 0.2) is 0 Å². The Balaban J connectivity index is 1.46. The molecule has 0 radical (unpaired) electrons. The Labute approximate surface area is 269 Å². The molecule has 1 heterocycles. The summed E-state index contributed by atoms with van der Waals surface area (Å²) in [6.07, 6.45) is 1.46. The fourth-order valence-electron chi connectivity index (χ4n) is 3.85. The maximum atomic E-state index is 14.2. The van der Waals surface area contributed by atoms with E-state index < -0.39 is 21.7 Å². The molecule has 0 spiro atoms. The summed E-state index contributed by atoms with van der Waals surface area (Å²) in [6.45, 7) is 5.36. The molecule has 0 saturated carbocycles. The van der Waals surface area contributed by atoms with Gasteiger partial charge in [-0.1, -0.05) is 6.07 Å². The zero-order chi connectivity index (χ0) is 32.7. The lowest BCUT2D eigenvalue weighted by Gasteiger charge is -2.14. The molecule has 0 aliphatic carbocycles. The first-order valence-electron chi connectivity index (χ1n) is 13.9. The topological polar surface area (TPSA) is 202 Å². The molecule has 0 aliphatic heterocycles. The number of carbonyl (C=O) groups excluding carboxylic acids is 1. The van der Waals surface area contributed by atoms with E-state index in [1.165, 1.54) is 24.4 Å². The van der Waals surface area contributed by atoms with Crippen LogP contribution in [0.3, 0.4) is 0 Å². The minimum absolute atomic E-state index is 0.0823. The molecule has 246 valence electrons. The number of primary amides is 1. The van der Waals surface area contributed by atoms with Gasteiger partial charge in [0, 0.05) is 25.0 Å². The minimum atomic E-state index is -3.80. The number of amides is 1. The van der Waals surface area contributed by atoms with Crippen molar-refractivity contribution < 1.29 is 36.6 Å². The molecule has 0 saturated heterocycles. The van der Waals surface area contributed by atoms with Crippen LogP contribution >= 0.6 is 15.9 Å². The number of rotatable bonds is 21. The van der Waals surface area contributed by atoms with Crippen LogP contribution in [-0.2, 0) is 29.0 Å². The number of anilines is 4. The molecule has 0 unspecified atom stereocenters. The Morgan fingerprint density at radius 1 is 0.956 bits per heavy atom. The number of nitrogens with two attached hydrogens (primary N) is 2. The number of halogens is 2. The van der Waals surface area contributed by atoms with Gasteiger partial charge in [-0.2, -0.15) is 4.98 Å². The predicted octanol–water partition coefficient (Wildman–Crippen LogP) is 2.58. The van der Waals surface area contributed by atoms with Crippen molar-refractivity contribution in [3.05, 3.63) is 64.0 Å². The predicted molar refractivity (Wildman–Crippen MR) is 170 cm³/mol. The molecule has 0 fully saturated rings. The number of benzene rings is 2. The quantitative estimate of drug-likeness (QED) is 0.101.